The SMILES string of the molecule is CCN(CC)c1ccc(C2/C(=C(/O)c3ccc(F)cc3)C(=O)C(=O)N2c2ccc(C)cc2)cc1. The monoisotopic (exact) mass is 458 g/mol. The molecule has 1 N–H and O–H groups in total. The Hall–Kier alpha value is -3.93. The number of halogens is 1. The average Bonchev–Trinajstić information content (AvgIpc) is 3.11. The number of rotatable bonds is 6. The highest BCUT2D eigenvalue weighted by Gasteiger charge is 2.46. The first-order chi connectivity index (χ1) is 16.3. The first-order valence-electron chi connectivity index (χ1n) is 11.3. The Morgan fingerprint density at radius 1 is 0.912 bits per heavy atom. The van der Waals surface area contributed by atoms with Crippen molar-refractivity contribution in [2.45, 2.75) is 26.8 Å². The van der Waals surface area contributed by atoms with Crippen LogP contribution in [-0.2, 0) is 9.59 Å². The maximum atomic E-state index is 13.5. The van der Waals surface area contributed by atoms with E-state index in [0.29, 0.717) is 11.3 Å². The summed E-state index contributed by atoms with van der Waals surface area (Å²) in [7, 11) is 0. The van der Waals surface area contributed by atoms with Gasteiger partial charge in [-0.05, 0) is 74.9 Å². The van der Waals surface area contributed by atoms with E-state index >= 15 is 0 Å². The molecule has 0 radical (unpaired) electrons. The van der Waals surface area contributed by atoms with E-state index in [-0.39, 0.29) is 16.9 Å². The van der Waals surface area contributed by atoms with E-state index in [1.54, 1.807) is 12.1 Å². The van der Waals surface area contributed by atoms with Gasteiger partial charge in [0.05, 0.1) is 11.6 Å². The summed E-state index contributed by atoms with van der Waals surface area (Å²) in [6, 6.07) is 19.4. The lowest BCUT2D eigenvalue weighted by atomic mass is 9.94. The number of aliphatic hydroxyl groups excluding tert-OH is 1. The van der Waals surface area contributed by atoms with E-state index in [1.807, 2.05) is 43.3 Å². The zero-order valence-corrected chi connectivity index (χ0v) is 19.5. The summed E-state index contributed by atoms with van der Waals surface area (Å²) in [5.74, 6) is -2.28. The molecule has 0 bridgehead atoms. The van der Waals surface area contributed by atoms with Crippen molar-refractivity contribution in [3.8, 4) is 0 Å². The van der Waals surface area contributed by atoms with Gasteiger partial charge in [0, 0.05) is 30.0 Å². The molecular weight excluding hydrogens is 431 g/mol. The number of anilines is 2. The number of carbonyl (C=O) groups is 2. The van der Waals surface area contributed by atoms with Gasteiger partial charge in [0.1, 0.15) is 11.6 Å². The number of Topliss-reactive ketones (excluding diaryl/α,β-unsaturated/α-hetero) is 1. The molecule has 3 aromatic rings. The van der Waals surface area contributed by atoms with Gasteiger partial charge in [0.15, 0.2) is 0 Å². The zero-order chi connectivity index (χ0) is 24.4. The minimum Gasteiger partial charge on any atom is -0.507 e. The maximum Gasteiger partial charge on any atom is 0.300 e. The highest BCUT2D eigenvalue weighted by molar-refractivity contribution is 6.51. The lowest BCUT2D eigenvalue weighted by Crippen LogP contribution is -2.29. The molecule has 1 atom stereocenters. The minimum atomic E-state index is -0.821. The topological polar surface area (TPSA) is 60.9 Å². The Balaban J connectivity index is 1.88. The quantitative estimate of drug-likeness (QED) is 0.296. The predicted molar refractivity (Wildman–Crippen MR) is 132 cm³/mol. The van der Waals surface area contributed by atoms with Crippen LogP contribution in [0, 0.1) is 12.7 Å². The van der Waals surface area contributed by atoms with E-state index in [1.165, 1.54) is 29.2 Å². The summed E-state index contributed by atoms with van der Waals surface area (Å²) >= 11 is 0. The van der Waals surface area contributed by atoms with Gasteiger partial charge in [-0.2, -0.15) is 0 Å². The van der Waals surface area contributed by atoms with E-state index < -0.39 is 23.5 Å². The van der Waals surface area contributed by atoms with Gasteiger partial charge in [-0.1, -0.05) is 29.8 Å². The fourth-order valence-electron chi connectivity index (χ4n) is 4.34. The van der Waals surface area contributed by atoms with Crippen molar-refractivity contribution in [2.24, 2.45) is 0 Å². The Morgan fingerprint density at radius 2 is 1.50 bits per heavy atom. The van der Waals surface area contributed by atoms with Crippen LogP contribution >= 0.6 is 0 Å². The Kier molecular flexibility index (Phi) is 6.50. The molecule has 6 heteroatoms. The summed E-state index contributed by atoms with van der Waals surface area (Å²) in [4.78, 5) is 30.0. The number of amides is 1. The van der Waals surface area contributed by atoms with Crippen LogP contribution in [0.15, 0.2) is 78.4 Å². The van der Waals surface area contributed by atoms with Crippen molar-refractivity contribution < 1.29 is 19.1 Å². The normalized spacial score (nSPS) is 17.3. The zero-order valence-electron chi connectivity index (χ0n) is 19.5. The molecule has 1 unspecified atom stereocenters. The smallest absolute Gasteiger partial charge is 0.300 e. The number of ketones is 1. The minimum absolute atomic E-state index is 0.0206. The molecular formula is C28H27FN2O3. The van der Waals surface area contributed by atoms with Gasteiger partial charge < -0.3 is 10.0 Å². The van der Waals surface area contributed by atoms with Gasteiger partial charge in [-0.25, -0.2) is 4.39 Å². The summed E-state index contributed by atoms with van der Waals surface area (Å²) in [5.41, 5.74) is 3.55. The van der Waals surface area contributed by atoms with Crippen LogP contribution in [0.2, 0.25) is 0 Å². The summed E-state index contributed by atoms with van der Waals surface area (Å²) in [6.07, 6.45) is 0. The number of benzene rings is 3. The van der Waals surface area contributed by atoms with Crippen molar-refractivity contribution in [1.29, 1.82) is 0 Å². The Bertz CT molecular complexity index is 1230. The molecule has 0 spiro atoms. The molecule has 4 rings (SSSR count). The fraction of sp³-hybridized carbons (Fsp3) is 0.214. The maximum absolute atomic E-state index is 13.5. The van der Waals surface area contributed by atoms with Crippen LogP contribution in [0.1, 0.15) is 36.6 Å². The third-order valence-electron chi connectivity index (χ3n) is 6.21. The molecule has 174 valence electrons. The van der Waals surface area contributed by atoms with Crippen LogP contribution in [-0.4, -0.2) is 29.9 Å². The molecule has 0 aromatic heterocycles. The standard InChI is InChI=1S/C28H27FN2O3/c1-4-30(5-2)22-16-10-19(11-17-22)25-24(26(32)20-8-12-21(29)13-9-20)27(33)28(34)31(25)23-14-6-18(3)7-15-23/h6-17,25,32H,4-5H2,1-3H3/b26-24-. The lowest BCUT2D eigenvalue weighted by Gasteiger charge is -2.27. The van der Waals surface area contributed by atoms with Gasteiger partial charge >= 0.3 is 0 Å². The van der Waals surface area contributed by atoms with Gasteiger partial charge in [-0.3, -0.25) is 14.5 Å². The molecule has 1 saturated heterocycles. The van der Waals surface area contributed by atoms with Crippen LogP contribution in [0.5, 0.6) is 0 Å². The molecule has 3 aromatic carbocycles. The number of hydrogen-bond donors (Lipinski definition) is 1. The largest absolute Gasteiger partial charge is 0.507 e. The second-order valence-electron chi connectivity index (χ2n) is 8.28. The van der Waals surface area contributed by atoms with Gasteiger partial charge in [-0.15, -0.1) is 0 Å². The van der Waals surface area contributed by atoms with E-state index in [4.69, 9.17) is 0 Å². The average molecular weight is 459 g/mol. The summed E-state index contributed by atoms with van der Waals surface area (Å²) in [5, 5.41) is 11.1. The van der Waals surface area contributed by atoms with Crippen molar-refractivity contribution >= 4 is 28.8 Å². The van der Waals surface area contributed by atoms with Crippen LogP contribution in [0.25, 0.3) is 5.76 Å². The number of nitrogens with zero attached hydrogens (tertiary/aromatic N) is 2. The number of aliphatic hydroxyl groups is 1. The molecule has 1 amide bonds. The van der Waals surface area contributed by atoms with E-state index in [9.17, 15) is 19.1 Å². The third kappa shape index (κ3) is 4.19. The number of hydrogen-bond acceptors (Lipinski definition) is 4. The van der Waals surface area contributed by atoms with Crippen molar-refractivity contribution in [3.05, 3.63) is 101 Å². The second-order valence-corrected chi connectivity index (χ2v) is 8.28. The molecule has 1 aliphatic rings. The highest BCUT2D eigenvalue weighted by atomic mass is 19.1. The molecule has 1 heterocycles. The summed E-state index contributed by atoms with van der Waals surface area (Å²) in [6.45, 7) is 7.79. The van der Waals surface area contributed by atoms with Gasteiger partial charge in [0.2, 0.25) is 0 Å². The molecule has 0 aliphatic carbocycles. The lowest BCUT2D eigenvalue weighted by molar-refractivity contribution is -0.132. The Labute approximate surface area is 198 Å². The van der Waals surface area contributed by atoms with Crippen LogP contribution in [0.3, 0.4) is 0 Å². The van der Waals surface area contributed by atoms with Gasteiger partial charge in [0.25, 0.3) is 11.7 Å². The fourth-order valence-corrected chi connectivity index (χ4v) is 4.34. The second kappa shape index (κ2) is 9.51. The first kappa shape index (κ1) is 23.2. The van der Waals surface area contributed by atoms with E-state index in [2.05, 4.69) is 18.7 Å². The summed E-state index contributed by atoms with van der Waals surface area (Å²) < 4.78 is 13.5. The van der Waals surface area contributed by atoms with Crippen molar-refractivity contribution in [2.75, 3.05) is 22.9 Å². The van der Waals surface area contributed by atoms with Crippen LogP contribution in [0.4, 0.5) is 15.8 Å². The van der Waals surface area contributed by atoms with Crippen LogP contribution < -0.4 is 9.80 Å². The molecule has 34 heavy (non-hydrogen) atoms. The third-order valence-corrected chi connectivity index (χ3v) is 6.21. The molecule has 1 fully saturated rings. The number of aryl methyl sites for hydroxylation is 1. The molecule has 1 aliphatic heterocycles. The van der Waals surface area contributed by atoms with Crippen molar-refractivity contribution in [3.63, 3.8) is 0 Å². The molecule has 0 saturated carbocycles. The van der Waals surface area contributed by atoms with E-state index in [0.717, 1.165) is 24.3 Å². The molecule has 5 nitrogen and oxygen atoms in total. The Morgan fingerprint density at radius 3 is 2.06 bits per heavy atom. The first-order valence-corrected chi connectivity index (χ1v) is 11.3. The van der Waals surface area contributed by atoms with Crippen molar-refractivity contribution in [1.82, 2.24) is 0 Å². The number of carbonyl (C=O) groups excluding carboxylic acids is 2. The predicted octanol–water partition coefficient (Wildman–Crippen LogP) is 5.61. The highest BCUT2D eigenvalue weighted by Crippen LogP contribution is 2.42.